The highest BCUT2D eigenvalue weighted by atomic mass is 32.2. The summed E-state index contributed by atoms with van der Waals surface area (Å²) < 4.78 is 2.37. The molecular weight excluding hydrogens is 404 g/mol. The summed E-state index contributed by atoms with van der Waals surface area (Å²) in [6, 6.07) is 0. The lowest BCUT2D eigenvalue weighted by Crippen LogP contribution is -2.41. The Morgan fingerprint density at radius 1 is 1.32 bits per heavy atom. The smallest absolute Gasteiger partial charge is 0.105 e. The molecule has 3 rings (SSSR count). The summed E-state index contributed by atoms with van der Waals surface area (Å²) in [5.74, 6) is 0.580. The Hall–Kier alpha value is -1.54. The van der Waals surface area contributed by atoms with E-state index in [1.54, 1.807) is 11.9 Å². The second kappa shape index (κ2) is 12.5. The van der Waals surface area contributed by atoms with Gasteiger partial charge in [-0.05, 0) is 75.1 Å². The lowest BCUT2D eigenvalue weighted by atomic mass is 9.93. The van der Waals surface area contributed by atoms with Crippen LogP contribution in [0, 0.1) is 5.92 Å². The third-order valence-corrected chi connectivity index (χ3v) is 7.38. The first-order valence-corrected chi connectivity index (χ1v) is 12.4. The number of hydrogen-bond acceptors (Lipinski definition) is 7. The molecule has 0 radical (unpaired) electrons. The summed E-state index contributed by atoms with van der Waals surface area (Å²) in [5, 5.41) is 8.08. The molecular formula is C24H40N6S. The molecule has 1 atom stereocenters. The summed E-state index contributed by atoms with van der Waals surface area (Å²) in [4.78, 5) is 9.36. The molecule has 2 N–H and O–H groups in total. The number of likely N-dealkylation sites (tertiary alicyclic amines) is 1. The second-order valence-corrected chi connectivity index (χ2v) is 9.60. The molecule has 0 spiro atoms. The van der Waals surface area contributed by atoms with Crippen molar-refractivity contribution in [3.05, 3.63) is 48.4 Å². The zero-order valence-electron chi connectivity index (χ0n) is 19.5. The molecule has 0 bridgehead atoms. The van der Waals surface area contributed by atoms with Crippen LogP contribution in [0.15, 0.2) is 53.3 Å². The Labute approximate surface area is 193 Å². The van der Waals surface area contributed by atoms with Crippen LogP contribution in [0.2, 0.25) is 0 Å². The molecule has 0 saturated carbocycles. The molecule has 172 valence electrons. The molecule has 3 heterocycles. The molecule has 0 amide bonds. The maximum atomic E-state index is 4.59. The van der Waals surface area contributed by atoms with Crippen LogP contribution < -0.4 is 10.6 Å². The summed E-state index contributed by atoms with van der Waals surface area (Å²) >= 11 is 1.77. The van der Waals surface area contributed by atoms with Crippen LogP contribution in [0.5, 0.6) is 0 Å². The summed E-state index contributed by atoms with van der Waals surface area (Å²) in [6.07, 6.45) is 14.8. The average Bonchev–Trinajstić information content (AvgIpc) is 2.80. The van der Waals surface area contributed by atoms with Crippen molar-refractivity contribution in [3.63, 3.8) is 0 Å². The van der Waals surface area contributed by atoms with Crippen molar-refractivity contribution in [3.8, 4) is 0 Å². The van der Waals surface area contributed by atoms with Gasteiger partial charge in [0.25, 0.3) is 0 Å². The van der Waals surface area contributed by atoms with Gasteiger partial charge in [-0.3, -0.25) is 15.2 Å². The average molecular weight is 445 g/mol. The molecule has 0 aromatic rings. The minimum absolute atomic E-state index is 0.295. The number of allylic oxidation sites excluding steroid dienone is 1. The van der Waals surface area contributed by atoms with Gasteiger partial charge < -0.3 is 10.2 Å². The first-order valence-electron chi connectivity index (χ1n) is 11.7. The lowest BCUT2D eigenvalue weighted by Gasteiger charge is -2.35. The van der Waals surface area contributed by atoms with Gasteiger partial charge in [0.15, 0.2) is 0 Å². The Bertz CT molecular complexity index is 705. The molecule has 0 aromatic heterocycles. The molecule has 0 aliphatic carbocycles. The van der Waals surface area contributed by atoms with E-state index in [2.05, 4.69) is 80.8 Å². The van der Waals surface area contributed by atoms with E-state index < -0.39 is 0 Å². The molecule has 3 aliphatic rings. The van der Waals surface area contributed by atoms with Crippen LogP contribution in [-0.2, 0) is 0 Å². The van der Waals surface area contributed by atoms with E-state index >= 15 is 0 Å². The number of nitrogens with zero attached hydrogens (tertiary/aromatic N) is 4. The van der Waals surface area contributed by atoms with Gasteiger partial charge in [0.1, 0.15) is 5.04 Å². The highest BCUT2D eigenvalue weighted by Crippen LogP contribution is 2.24. The molecule has 7 heteroatoms. The third-order valence-electron chi connectivity index (χ3n) is 6.23. The van der Waals surface area contributed by atoms with E-state index in [1.165, 1.54) is 24.1 Å². The summed E-state index contributed by atoms with van der Waals surface area (Å²) in [5.41, 5.74) is 2.62. The van der Waals surface area contributed by atoms with E-state index in [0.717, 1.165) is 57.3 Å². The van der Waals surface area contributed by atoms with Gasteiger partial charge in [-0.15, -0.1) is 0 Å². The number of nitrogens with one attached hydrogen (secondary N) is 2. The van der Waals surface area contributed by atoms with Crippen molar-refractivity contribution in [2.24, 2.45) is 10.9 Å². The molecule has 1 saturated heterocycles. The maximum absolute atomic E-state index is 4.59. The van der Waals surface area contributed by atoms with Gasteiger partial charge in [-0.1, -0.05) is 19.6 Å². The highest BCUT2D eigenvalue weighted by Gasteiger charge is 2.22. The van der Waals surface area contributed by atoms with Gasteiger partial charge in [-0.2, -0.15) is 0 Å². The Morgan fingerprint density at radius 2 is 2.13 bits per heavy atom. The maximum Gasteiger partial charge on any atom is 0.105 e. The van der Waals surface area contributed by atoms with Gasteiger partial charge in [0.2, 0.25) is 0 Å². The first-order chi connectivity index (χ1) is 15.1. The molecule has 1 fully saturated rings. The van der Waals surface area contributed by atoms with Crippen LogP contribution in [0.1, 0.15) is 26.2 Å². The predicted molar refractivity (Wildman–Crippen MR) is 135 cm³/mol. The van der Waals surface area contributed by atoms with Crippen molar-refractivity contribution < 1.29 is 0 Å². The van der Waals surface area contributed by atoms with Crippen molar-refractivity contribution in [1.82, 2.24) is 24.7 Å². The van der Waals surface area contributed by atoms with Crippen LogP contribution in [-0.4, -0.2) is 85.2 Å². The molecule has 0 aromatic carbocycles. The van der Waals surface area contributed by atoms with Crippen molar-refractivity contribution >= 4 is 17.0 Å². The minimum Gasteiger partial charge on any atom is -0.387 e. The van der Waals surface area contributed by atoms with Crippen LogP contribution >= 0.6 is 11.9 Å². The van der Waals surface area contributed by atoms with Crippen molar-refractivity contribution in [2.45, 2.75) is 32.4 Å². The lowest BCUT2D eigenvalue weighted by molar-refractivity contribution is 0.209. The summed E-state index contributed by atoms with van der Waals surface area (Å²) in [7, 11) is 4.12. The standard InChI is InChI=1S/C24H40N6S/c1-5-30(31-24-8-6-7-12-27-24)17-13-26-20(2)22-10-15-29(16-11-22)19-21-9-14-28(4)23(18-21)25-3/h6,8-9,14,18,22-23,25-26H,2,5,7,10-13,15-17,19H2,1,3-4H3. The Morgan fingerprint density at radius 3 is 2.81 bits per heavy atom. The number of dihydropyridines is 1. The fraction of sp³-hybridized carbons (Fsp3) is 0.625. The normalized spacial score (nSPS) is 22.6. The van der Waals surface area contributed by atoms with E-state index in [-0.39, 0.29) is 0 Å². The van der Waals surface area contributed by atoms with Crippen LogP contribution in [0.3, 0.4) is 0 Å². The zero-order chi connectivity index (χ0) is 22.1. The van der Waals surface area contributed by atoms with Gasteiger partial charge in [-0.25, -0.2) is 4.31 Å². The van der Waals surface area contributed by atoms with Gasteiger partial charge >= 0.3 is 0 Å². The summed E-state index contributed by atoms with van der Waals surface area (Å²) in [6.45, 7) is 13.7. The number of rotatable bonds is 10. The SMILES string of the molecule is C=C(NCCN(CC)SC1=NCCC=C1)C1CCN(CC2=CC(NC)N(C)C=C2)CC1. The minimum atomic E-state index is 0.295. The monoisotopic (exact) mass is 444 g/mol. The molecule has 3 aliphatic heterocycles. The molecule has 31 heavy (non-hydrogen) atoms. The highest BCUT2D eigenvalue weighted by molar-refractivity contribution is 8.12. The molecule has 1 unspecified atom stereocenters. The predicted octanol–water partition coefficient (Wildman–Crippen LogP) is 3.06. The number of likely N-dealkylation sites (N-methyl/N-ethyl adjacent to an activating group) is 3. The second-order valence-electron chi connectivity index (χ2n) is 8.48. The first kappa shape index (κ1) is 24.1. The number of aliphatic imine (C=N–C) groups is 1. The number of piperidine rings is 1. The largest absolute Gasteiger partial charge is 0.387 e. The fourth-order valence-electron chi connectivity index (χ4n) is 4.20. The third kappa shape index (κ3) is 7.52. The van der Waals surface area contributed by atoms with Gasteiger partial charge in [0.05, 0.1) is 6.17 Å². The Balaban J connectivity index is 1.35. The quantitative estimate of drug-likeness (QED) is 0.505. The van der Waals surface area contributed by atoms with E-state index in [1.807, 2.05) is 7.05 Å². The fourth-order valence-corrected chi connectivity index (χ4v) is 5.09. The van der Waals surface area contributed by atoms with Gasteiger partial charge in [0, 0.05) is 57.6 Å². The Kier molecular flexibility index (Phi) is 9.71. The van der Waals surface area contributed by atoms with E-state index in [4.69, 9.17) is 0 Å². The zero-order valence-corrected chi connectivity index (χ0v) is 20.3. The van der Waals surface area contributed by atoms with Crippen molar-refractivity contribution in [1.29, 1.82) is 0 Å². The molecule has 6 nitrogen and oxygen atoms in total. The van der Waals surface area contributed by atoms with E-state index in [0.29, 0.717) is 12.1 Å². The van der Waals surface area contributed by atoms with Crippen LogP contribution in [0.4, 0.5) is 0 Å². The topological polar surface area (TPSA) is 46.1 Å². The van der Waals surface area contributed by atoms with Crippen LogP contribution in [0.25, 0.3) is 0 Å². The van der Waals surface area contributed by atoms with E-state index in [9.17, 15) is 0 Å². The number of hydrogen-bond donors (Lipinski definition) is 2. The van der Waals surface area contributed by atoms with Crippen molar-refractivity contribution in [2.75, 3.05) is 59.9 Å².